The Morgan fingerprint density at radius 3 is 2.81 bits per heavy atom. The fraction of sp³-hybridized carbons (Fsp3) is 0.364. The lowest BCUT2D eigenvalue weighted by molar-refractivity contribution is -0.385. The fourth-order valence-corrected chi connectivity index (χ4v) is 1.18. The van der Waals surface area contributed by atoms with E-state index in [0.717, 1.165) is 6.42 Å². The van der Waals surface area contributed by atoms with E-state index in [-0.39, 0.29) is 23.1 Å². The van der Waals surface area contributed by atoms with Crippen LogP contribution in [-0.4, -0.2) is 11.0 Å². The lowest BCUT2D eigenvalue weighted by Crippen LogP contribution is -2.11. The van der Waals surface area contributed by atoms with Crippen LogP contribution >= 0.6 is 0 Å². The molecule has 0 saturated carbocycles. The van der Waals surface area contributed by atoms with E-state index in [1.807, 2.05) is 19.9 Å². The van der Waals surface area contributed by atoms with Gasteiger partial charge in [-0.15, -0.1) is 0 Å². The van der Waals surface area contributed by atoms with Crippen molar-refractivity contribution in [1.82, 2.24) is 0 Å². The van der Waals surface area contributed by atoms with Crippen molar-refractivity contribution in [3.63, 3.8) is 0 Å². The molecule has 1 rings (SSSR count). The van der Waals surface area contributed by atoms with Gasteiger partial charge in [-0.2, -0.15) is 5.26 Å². The molecule has 0 aromatic heterocycles. The molecule has 1 aromatic rings. The molecule has 0 fully saturated rings. The molecule has 0 aliphatic carbocycles. The van der Waals surface area contributed by atoms with Gasteiger partial charge in [0.2, 0.25) is 0 Å². The van der Waals surface area contributed by atoms with Crippen LogP contribution in [0, 0.1) is 21.4 Å². The molecule has 0 heterocycles. The van der Waals surface area contributed by atoms with Gasteiger partial charge in [-0.3, -0.25) is 10.1 Å². The predicted octanol–water partition coefficient (Wildman–Crippen LogP) is 2.64. The summed E-state index contributed by atoms with van der Waals surface area (Å²) in [5.41, 5.74) is -0.240. The molecular weight excluding hydrogens is 208 g/mol. The van der Waals surface area contributed by atoms with Gasteiger partial charge in [0.05, 0.1) is 11.0 Å². The van der Waals surface area contributed by atoms with Crippen molar-refractivity contribution in [3.8, 4) is 11.8 Å². The third kappa shape index (κ3) is 2.48. The Hall–Kier alpha value is -2.09. The molecule has 84 valence electrons. The van der Waals surface area contributed by atoms with E-state index in [1.54, 1.807) is 6.07 Å². The maximum Gasteiger partial charge on any atom is 0.290 e. The Kier molecular flexibility index (Phi) is 3.84. The zero-order valence-corrected chi connectivity index (χ0v) is 9.14. The summed E-state index contributed by atoms with van der Waals surface area (Å²) in [6.07, 6.45) is 0.696. The number of rotatable bonds is 4. The van der Waals surface area contributed by atoms with E-state index < -0.39 is 4.92 Å². The lowest BCUT2D eigenvalue weighted by atomic mass is 10.1. The molecule has 0 radical (unpaired) electrons. The number of ether oxygens (including phenoxy) is 1. The quantitative estimate of drug-likeness (QED) is 0.577. The van der Waals surface area contributed by atoms with Crippen LogP contribution in [-0.2, 0) is 0 Å². The van der Waals surface area contributed by atoms with Gasteiger partial charge in [0.25, 0.3) is 5.69 Å². The Bertz CT molecular complexity index is 437. The van der Waals surface area contributed by atoms with E-state index in [1.165, 1.54) is 12.1 Å². The summed E-state index contributed by atoms with van der Waals surface area (Å²) >= 11 is 0. The zero-order chi connectivity index (χ0) is 12.1. The van der Waals surface area contributed by atoms with Crippen molar-refractivity contribution >= 4 is 5.69 Å². The van der Waals surface area contributed by atoms with Crippen LogP contribution in [0.4, 0.5) is 5.69 Å². The normalized spacial score (nSPS) is 11.6. The topological polar surface area (TPSA) is 76.2 Å². The SMILES string of the molecule is CC[C@H](C)Oc1cccc([N+](=O)[O-])c1C#N. The lowest BCUT2D eigenvalue weighted by Gasteiger charge is -2.13. The van der Waals surface area contributed by atoms with Gasteiger partial charge in [0.15, 0.2) is 5.56 Å². The molecule has 0 aliphatic rings. The van der Waals surface area contributed by atoms with Crippen molar-refractivity contribution in [1.29, 1.82) is 5.26 Å². The minimum absolute atomic E-state index is 0.0206. The molecule has 0 bridgehead atoms. The third-order valence-electron chi connectivity index (χ3n) is 2.22. The highest BCUT2D eigenvalue weighted by Gasteiger charge is 2.18. The van der Waals surface area contributed by atoms with Gasteiger partial charge < -0.3 is 4.74 Å². The summed E-state index contributed by atoms with van der Waals surface area (Å²) in [5.74, 6) is 0.269. The van der Waals surface area contributed by atoms with Gasteiger partial charge >= 0.3 is 0 Å². The average Bonchev–Trinajstić information content (AvgIpc) is 2.28. The predicted molar refractivity (Wildman–Crippen MR) is 58.2 cm³/mol. The van der Waals surface area contributed by atoms with Crippen molar-refractivity contribution in [2.75, 3.05) is 0 Å². The summed E-state index contributed by atoms with van der Waals surface area (Å²) in [6, 6.07) is 6.18. The van der Waals surface area contributed by atoms with Crippen molar-refractivity contribution in [3.05, 3.63) is 33.9 Å². The van der Waals surface area contributed by atoms with Crippen LogP contribution in [0.25, 0.3) is 0 Å². The monoisotopic (exact) mass is 220 g/mol. The minimum atomic E-state index is -0.581. The number of hydrogen-bond acceptors (Lipinski definition) is 4. The maximum absolute atomic E-state index is 10.7. The second-order valence-electron chi connectivity index (χ2n) is 3.36. The van der Waals surface area contributed by atoms with Crippen molar-refractivity contribution < 1.29 is 9.66 Å². The minimum Gasteiger partial charge on any atom is -0.489 e. The molecule has 0 amide bonds. The Morgan fingerprint density at radius 1 is 1.62 bits per heavy atom. The second-order valence-corrected chi connectivity index (χ2v) is 3.36. The van der Waals surface area contributed by atoms with Crippen molar-refractivity contribution in [2.45, 2.75) is 26.4 Å². The van der Waals surface area contributed by atoms with Crippen LogP contribution < -0.4 is 4.74 Å². The highest BCUT2D eigenvalue weighted by Crippen LogP contribution is 2.28. The summed E-state index contributed by atoms with van der Waals surface area (Å²) < 4.78 is 5.45. The molecule has 1 aromatic carbocycles. The number of benzene rings is 1. The fourth-order valence-electron chi connectivity index (χ4n) is 1.18. The smallest absolute Gasteiger partial charge is 0.290 e. The number of nitro benzene ring substituents is 1. The first-order valence-corrected chi connectivity index (χ1v) is 4.94. The van der Waals surface area contributed by atoms with Crippen LogP contribution in [0.15, 0.2) is 18.2 Å². The Balaban J connectivity index is 3.15. The van der Waals surface area contributed by atoms with Gasteiger partial charge in [0.1, 0.15) is 11.8 Å². The van der Waals surface area contributed by atoms with E-state index >= 15 is 0 Å². The molecule has 0 spiro atoms. The van der Waals surface area contributed by atoms with E-state index in [2.05, 4.69) is 0 Å². The molecule has 0 unspecified atom stereocenters. The number of nitro groups is 1. The molecule has 0 saturated heterocycles. The second kappa shape index (κ2) is 5.12. The number of hydrogen-bond donors (Lipinski definition) is 0. The summed E-state index contributed by atoms with van der Waals surface area (Å²) in [7, 11) is 0. The van der Waals surface area contributed by atoms with Crippen LogP contribution in [0.5, 0.6) is 5.75 Å². The first-order valence-electron chi connectivity index (χ1n) is 4.94. The molecule has 5 nitrogen and oxygen atoms in total. The first-order chi connectivity index (χ1) is 7.60. The molecule has 5 heteroatoms. The maximum atomic E-state index is 10.7. The number of nitriles is 1. The molecular formula is C11H12N2O3. The van der Waals surface area contributed by atoms with E-state index in [0.29, 0.717) is 0 Å². The van der Waals surface area contributed by atoms with Gasteiger partial charge in [-0.25, -0.2) is 0 Å². The highest BCUT2D eigenvalue weighted by atomic mass is 16.6. The van der Waals surface area contributed by atoms with E-state index in [4.69, 9.17) is 10.00 Å². The Labute approximate surface area is 93.4 Å². The van der Waals surface area contributed by atoms with Crippen LogP contribution in [0.3, 0.4) is 0 Å². The molecule has 0 N–H and O–H groups in total. The first kappa shape index (κ1) is 12.0. The summed E-state index contributed by atoms with van der Waals surface area (Å²) in [6.45, 7) is 3.79. The van der Waals surface area contributed by atoms with Gasteiger partial charge in [0, 0.05) is 6.07 Å². The average molecular weight is 220 g/mol. The van der Waals surface area contributed by atoms with E-state index in [9.17, 15) is 10.1 Å². The Morgan fingerprint density at radius 2 is 2.31 bits per heavy atom. The molecule has 1 atom stereocenters. The largest absolute Gasteiger partial charge is 0.489 e. The number of nitrogens with zero attached hydrogens (tertiary/aromatic N) is 2. The summed E-state index contributed by atoms with van der Waals surface area (Å²) in [4.78, 5) is 10.1. The van der Waals surface area contributed by atoms with Crippen molar-refractivity contribution in [2.24, 2.45) is 0 Å². The van der Waals surface area contributed by atoms with Crippen LogP contribution in [0.1, 0.15) is 25.8 Å². The molecule has 16 heavy (non-hydrogen) atoms. The highest BCUT2D eigenvalue weighted by molar-refractivity contribution is 5.56. The van der Waals surface area contributed by atoms with Gasteiger partial charge in [-0.1, -0.05) is 13.0 Å². The molecule has 0 aliphatic heterocycles. The van der Waals surface area contributed by atoms with Crippen LogP contribution in [0.2, 0.25) is 0 Å². The standard InChI is InChI=1S/C11H12N2O3/c1-3-8(2)16-11-6-4-5-10(13(14)15)9(11)7-12/h4-6,8H,3H2,1-2H3/t8-/m0/s1. The van der Waals surface area contributed by atoms with Gasteiger partial charge in [-0.05, 0) is 19.4 Å². The summed E-state index contributed by atoms with van der Waals surface area (Å²) in [5, 5.41) is 19.6. The third-order valence-corrected chi connectivity index (χ3v) is 2.22. The zero-order valence-electron chi connectivity index (χ0n) is 9.14.